The van der Waals surface area contributed by atoms with Crippen molar-refractivity contribution >= 4 is 40.8 Å². The van der Waals surface area contributed by atoms with Gasteiger partial charge in [0.05, 0.1) is 15.6 Å². The minimum Gasteiger partial charge on any atom is -0.382 e. The van der Waals surface area contributed by atoms with Gasteiger partial charge in [-0.25, -0.2) is 19.3 Å². The molecule has 1 saturated heterocycles. The second kappa shape index (κ2) is 8.43. The van der Waals surface area contributed by atoms with E-state index in [2.05, 4.69) is 39.1 Å². The van der Waals surface area contributed by atoms with E-state index in [1.807, 2.05) is 10.6 Å². The van der Waals surface area contributed by atoms with Crippen molar-refractivity contribution in [3.63, 3.8) is 0 Å². The average Bonchev–Trinajstić information content (AvgIpc) is 3.47. The number of hydrogen-bond acceptors (Lipinski definition) is 6. The molecular weight excluding hydrogens is 471 g/mol. The number of nitrogens with two attached hydrogens (primary N) is 1. The van der Waals surface area contributed by atoms with Gasteiger partial charge in [-0.1, -0.05) is 47.6 Å². The van der Waals surface area contributed by atoms with E-state index >= 15 is 0 Å². The molecular formula is C25H24ClFN6S. The summed E-state index contributed by atoms with van der Waals surface area (Å²) in [4.78, 5) is 17.0. The van der Waals surface area contributed by atoms with Crippen LogP contribution < -0.4 is 10.6 Å². The first-order valence-corrected chi connectivity index (χ1v) is 12.6. The summed E-state index contributed by atoms with van der Waals surface area (Å²) in [5.41, 5.74) is 10.2. The van der Waals surface area contributed by atoms with Crippen molar-refractivity contribution in [1.82, 2.24) is 19.4 Å². The largest absolute Gasteiger partial charge is 0.382 e. The van der Waals surface area contributed by atoms with Crippen molar-refractivity contribution in [2.24, 2.45) is 5.41 Å². The lowest BCUT2D eigenvalue weighted by molar-refractivity contribution is 0.231. The molecule has 0 radical (unpaired) electrons. The predicted molar refractivity (Wildman–Crippen MR) is 133 cm³/mol. The Morgan fingerprint density at radius 1 is 1.06 bits per heavy atom. The standard InChI is InChI=1S/C25H24ClFN6S/c26-20-19(5-8-29-22(20)28)34-21-18(15-27)31-24(33-12-9-30-23(21)33)32-10-6-25(7-11-32)13-16-3-1-2-4-17(16)14-25/h1-5,8-9,12H,6-7,10-11,13-15H2,(H2,28,29). The molecule has 1 fully saturated rings. The SMILES string of the molecule is Nc1nccc(Sc2c(CF)nc(N3CCC4(CC3)Cc3ccccc3C4)n3ccnc23)c1Cl. The molecule has 174 valence electrons. The van der Waals surface area contributed by atoms with Crippen LogP contribution in [0.5, 0.6) is 0 Å². The Labute approximate surface area is 206 Å². The summed E-state index contributed by atoms with van der Waals surface area (Å²) in [6.07, 6.45) is 9.68. The van der Waals surface area contributed by atoms with Crippen molar-refractivity contribution in [3.8, 4) is 0 Å². The molecule has 0 amide bonds. The van der Waals surface area contributed by atoms with Crippen LogP contribution in [0.4, 0.5) is 16.2 Å². The van der Waals surface area contributed by atoms with Crippen molar-refractivity contribution in [2.45, 2.75) is 42.1 Å². The van der Waals surface area contributed by atoms with Gasteiger partial charge in [0.2, 0.25) is 5.95 Å². The number of piperidine rings is 1. The highest BCUT2D eigenvalue weighted by Crippen LogP contribution is 2.45. The summed E-state index contributed by atoms with van der Waals surface area (Å²) in [7, 11) is 0. The summed E-state index contributed by atoms with van der Waals surface area (Å²) in [5.74, 6) is 0.990. The Morgan fingerprint density at radius 2 is 1.79 bits per heavy atom. The number of alkyl halides is 1. The number of halogens is 2. The van der Waals surface area contributed by atoms with Crippen molar-refractivity contribution in [2.75, 3.05) is 23.7 Å². The third-order valence-corrected chi connectivity index (χ3v) is 8.82. The molecule has 0 saturated carbocycles. The molecule has 6 nitrogen and oxygen atoms in total. The highest BCUT2D eigenvalue weighted by atomic mass is 35.5. The minimum absolute atomic E-state index is 0.244. The molecule has 1 aliphatic carbocycles. The maximum Gasteiger partial charge on any atom is 0.211 e. The van der Waals surface area contributed by atoms with E-state index in [1.165, 1.54) is 22.9 Å². The molecule has 3 aromatic heterocycles. The van der Waals surface area contributed by atoms with Crippen LogP contribution in [-0.4, -0.2) is 32.4 Å². The van der Waals surface area contributed by atoms with Crippen LogP contribution >= 0.6 is 23.4 Å². The smallest absolute Gasteiger partial charge is 0.211 e. The monoisotopic (exact) mass is 494 g/mol. The van der Waals surface area contributed by atoms with Gasteiger partial charge in [0, 0.05) is 36.6 Å². The molecule has 0 atom stereocenters. The summed E-state index contributed by atoms with van der Waals surface area (Å²) in [6.45, 7) is 1.09. The molecule has 1 aromatic carbocycles. The van der Waals surface area contributed by atoms with E-state index in [9.17, 15) is 4.39 Å². The third kappa shape index (κ3) is 3.60. The van der Waals surface area contributed by atoms with Gasteiger partial charge in [-0.15, -0.1) is 0 Å². The van der Waals surface area contributed by atoms with Crippen LogP contribution in [0.1, 0.15) is 29.7 Å². The maximum absolute atomic E-state index is 14.2. The van der Waals surface area contributed by atoms with Crippen LogP contribution in [0, 0.1) is 5.41 Å². The number of anilines is 2. The summed E-state index contributed by atoms with van der Waals surface area (Å²) in [5, 5.41) is 0.352. The average molecular weight is 495 g/mol. The van der Waals surface area contributed by atoms with Gasteiger partial charge < -0.3 is 10.6 Å². The Morgan fingerprint density at radius 3 is 2.50 bits per heavy atom. The topological polar surface area (TPSA) is 72.3 Å². The molecule has 0 unspecified atom stereocenters. The van der Waals surface area contributed by atoms with Crippen molar-refractivity contribution in [3.05, 3.63) is 70.8 Å². The van der Waals surface area contributed by atoms with Crippen molar-refractivity contribution < 1.29 is 4.39 Å². The van der Waals surface area contributed by atoms with Crippen LogP contribution in [0.25, 0.3) is 5.65 Å². The summed E-state index contributed by atoms with van der Waals surface area (Å²) in [6, 6.07) is 10.6. The van der Waals surface area contributed by atoms with Gasteiger partial charge in [-0.3, -0.25) is 4.40 Å². The second-order valence-corrected chi connectivity index (χ2v) is 10.6. The maximum atomic E-state index is 14.2. The first-order chi connectivity index (χ1) is 16.6. The zero-order chi connectivity index (χ0) is 23.3. The zero-order valence-corrected chi connectivity index (χ0v) is 20.1. The Bertz CT molecular complexity index is 1350. The molecule has 4 heterocycles. The molecule has 34 heavy (non-hydrogen) atoms. The van der Waals surface area contributed by atoms with Crippen LogP contribution in [-0.2, 0) is 19.5 Å². The summed E-state index contributed by atoms with van der Waals surface area (Å²) >= 11 is 7.67. The van der Waals surface area contributed by atoms with E-state index in [0.29, 0.717) is 31.6 Å². The zero-order valence-electron chi connectivity index (χ0n) is 18.5. The Hall–Kier alpha value is -2.84. The number of pyridine rings is 1. The molecule has 2 aliphatic rings. The van der Waals surface area contributed by atoms with E-state index in [-0.39, 0.29) is 5.82 Å². The van der Waals surface area contributed by atoms with Crippen LogP contribution in [0.2, 0.25) is 5.02 Å². The number of fused-ring (bicyclic) bond motifs is 2. The highest BCUT2D eigenvalue weighted by molar-refractivity contribution is 7.99. The molecule has 0 bridgehead atoms. The first-order valence-electron chi connectivity index (χ1n) is 11.4. The predicted octanol–water partition coefficient (Wildman–Crippen LogP) is 5.37. The molecule has 6 rings (SSSR count). The van der Waals surface area contributed by atoms with Gasteiger partial charge in [0.15, 0.2) is 5.65 Å². The number of nitrogen functional groups attached to an aromatic ring is 1. The van der Waals surface area contributed by atoms with Gasteiger partial charge >= 0.3 is 0 Å². The molecule has 1 aliphatic heterocycles. The number of rotatable bonds is 4. The molecule has 4 aromatic rings. The molecule has 2 N–H and O–H groups in total. The number of benzene rings is 1. The van der Waals surface area contributed by atoms with Gasteiger partial charge in [0.25, 0.3) is 0 Å². The van der Waals surface area contributed by atoms with Crippen LogP contribution in [0.3, 0.4) is 0 Å². The lowest BCUT2D eigenvalue weighted by Gasteiger charge is -2.40. The normalized spacial score (nSPS) is 16.9. The van der Waals surface area contributed by atoms with E-state index in [1.54, 1.807) is 18.5 Å². The second-order valence-electron chi connectivity index (χ2n) is 9.16. The number of hydrogen-bond donors (Lipinski definition) is 1. The van der Waals surface area contributed by atoms with Gasteiger partial charge in [-0.05, 0) is 48.3 Å². The fourth-order valence-corrected chi connectivity index (χ4v) is 6.57. The van der Waals surface area contributed by atoms with Crippen LogP contribution in [0.15, 0.2) is 58.7 Å². The molecule has 1 spiro atoms. The van der Waals surface area contributed by atoms with E-state index in [0.717, 1.165) is 44.7 Å². The lowest BCUT2D eigenvalue weighted by Crippen LogP contribution is -2.42. The minimum atomic E-state index is -0.691. The Kier molecular flexibility index (Phi) is 5.37. The number of aromatic nitrogens is 4. The first kappa shape index (κ1) is 21.7. The van der Waals surface area contributed by atoms with E-state index in [4.69, 9.17) is 22.3 Å². The van der Waals surface area contributed by atoms with Gasteiger partial charge in [-0.2, -0.15) is 0 Å². The quantitative estimate of drug-likeness (QED) is 0.411. The highest BCUT2D eigenvalue weighted by Gasteiger charge is 2.40. The summed E-state index contributed by atoms with van der Waals surface area (Å²) < 4.78 is 16.2. The van der Waals surface area contributed by atoms with E-state index < -0.39 is 6.67 Å². The lowest BCUT2D eigenvalue weighted by atomic mass is 9.76. The fraction of sp³-hybridized carbons (Fsp3) is 0.320. The fourth-order valence-electron chi connectivity index (χ4n) is 5.34. The number of nitrogens with zero attached hydrogens (tertiary/aromatic N) is 5. The van der Waals surface area contributed by atoms with Crippen molar-refractivity contribution in [1.29, 1.82) is 0 Å². The number of imidazole rings is 1. The third-order valence-electron chi connectivity index (χ3n) is 7.13. The Balaban J connectivity index is 1.30. The van der Waals surface area contributed by atoms with Gasteiger partial charge in [0.1, 0.15) is 12.5 Å². The molecule has 9 heteroatoms.